The van der Waals surface area contributed by atoms with Crippen LogP contribution in [0.15, 0.2) is 70.1 Å². The Morgan fingerprint density at radius 3 is 2.67 bits per heavy atom. The smallest absolute Gasteiger partial charge is 0.244 e. The molecule has 2 aromatic carbocycles. The van der Waals surface area contributed by atoms with Gasteiger partial charge in [-0.25, -0.2) is 4.39 Å². The van der Waals surface area contributed by atoms with E-state index in [-0.39, 0.29) is 23.7 Å². The van der Waals surface area contributed by atoms with Crippen LogP contribution in [0.25, 0.3) is 17.0 Å². The summed E-state index contributed by atoms with van der Waals surface area (Å²) in [6.07, 6.45) is 4.01. The third-order valence-corrected chi connectivity index (χ3v) is 3.50. The van der Waals surface area contributed by atoms with Gasteiger partial charge in [0.1, 0.15) is 17.7 Å². The van der Waals surface area contributed by atoms with Gasteiger partial charge in [0.2, 0.25) is 5.91 Å². The van der Waals surface area contributed by atoms with Gasteiger partial charge in [0.25, 0.3) is 0 Å². The first kappa shape index (κ1) is 15.7. The van der Waals surface area contributed by atoms with Crippen LogP contribution >= 0.6 is 0 Å². The normalized spacial score (nSPS) is 11.0. The van der Waals surface area contributed by atoms with Crippen molar-refractivity contribution in [2.45, 2.75) is 6.54 Å². The van der Waals surface area contributed by atoms with Crippen LogP contribution in [0.2, 0.25) is 0 Å². The highest BCUT2D eigenvalue weighted by Crippen LogP contribution is 2.11. The Morgan fingerprint density at radius 2 is 1.88 bits per heavy atom. The standard InChI is InChI=1S/C19H14FNO3/c20-15-8-5-13(6-9-15)11-21-18(22)10-7-14-12-24-17-4-2-1-3-16(17)19(14)23/h1-10,12H,11H2,(H,21,22)/b10-7+. The van der Waals surface area contributed by atoms with E-state index in [0.717, 1.165) is 5.56 Å². The van der Waals surface area contributed by atoms with Gasteiger partial charge >= 0.3 is 0 Å². The average molecular weight is 323 g/mol. The Kier molecular flexibility index (Phi) is 4.52. The zero-order valence-electron chi connectivity index (χ0n) is 12.7. The third-order valence-electron chi connectivity index (χ3n) is 3.50. The first-order valence-corrected chi connectivity index (χ1v) is 7.34. The summed E-state index contributed by atoms with van der Waals surface area (Å²) in [6, 6.07) is 12.8. The van der Waals surface area contributed by atoms with Crippen LogP contribution in [0.1, 0.15) is 11.1 Å². The predicted octanol–water partition coefficient (Wildman–Crippen LogP) is 3.26. The monoisotopic (exact) mass is 323 g/mol. The van der Waals surface area contributed by atoms with Crippen molar-refractivity contribution in [2.24, 2.45) is 0 Å². The number of halogens is 1. The summed E-state index contributed by atoms with van der Waals surface area (Å²) >= 11 is 0. The largest absolute Gasteiger partial charge is 0.463 e. The summed E-state index contributed by atoms with van der Waals surface area (Å²) in [4.78, 5) is 24.1. The lowest BCUT2D eigenvalue weighted by Crippen LogP contribution is -2.20. The number of amides is 1. The highest BCUT2D eigenvalue weighted by Gasteiger charge is 2.04. The molecule has 0 unspecified atom stereocenters. The van der Waals surface area contributed by atoms with Crippen molar-refractivity contribution in [3.63, 3.8) is 0 Å². The number of carbonyl (C=O) groups excluding carboxylic acids is 1. The summed E-state index contributed by atoms with van der Waals surface area (Å²) in [6.45, 7) is 0.274. The molecule has 0 saturated heterocycles. The van der Waals surface area contributed by atoms with Crippen LogP contribution in [-0.2, 0) is 11.3 Å². The molecular formula is C19H14FNO3. The van der Waals surface area contributed by atoms with Gasteiger partial charge in [0.15, 0.2) is 5.43 Å². The predicted molar refractivity (Wildman–Crippen MR) is 89.8 cm³/mol. The fourth-order valence-corrected chi connectivity index (χ4v) is 2.22. The number of benzene rings is 2. The topological polar surface area (TPSA) is 59.3 Å². The van der Waals surface area contributed by atoms with Gasteiger partial charge in [-0.05, 0) is 35.9 Å². The van der Waals surface area contributed by atoms with Gasteiger partial charge in [0.05, 0.1) is 10.9 Å². The molecule has 0 aliphatic rings. The summed E-state index contributed by atoms with van der Waals surface area (Å²) in [7, 11) is 0. The maximum atomic E-state index is 12.8. The minimum Gasteiger partial charge on any atom is -0.463 e. The van der Waals surface area contributed by atoms with Crippen LogP contribution < -0.4 is 10.7 Å². The van der Waals surface area contributed by atoms with E-state index in [9.17, 15) is 14.0 Å². The molecular weight excluding hydrogens is 309 g/mol. The summed E-state index contributed by atoms with van der Waals surface area (Å²) in [5, 5.41) is 3.13. The van der Waals surface area contributed by atoms with E-state index in [1.165, 1.54) is 30.5 Å². The Balaban J connectivity index is 1.69. The van der Waals surface area contributed by atoms with E-state index < -0.39 is 0 Å². The molecule has 5 heteroatoms. The minimum atomic E-state index is -0.355. The van der Waals surface area contributed by atoms with E-state index >= 15 is 0 Å². The molecule has 1 N–H and O–H groups in total. The fraction of sp³-hybridized carbons (Fsp3) is 0.0526. The van der Waals surface area contributed by atoms with Crippen molar-refractivity contribution in [3.8, 4) is 0 Å². The van der Waals surface area contributed by atoms with E-state index in [2.05, 4.69) is 5.32 Å². The number of fused-ring (bicyclic) bond motifs is 1. The number of hydrogen-bond donors (Lipinski definition) is 1. The zero-order valence-corrected chi connectivity index (χ0v) is 12.7. The summed E-state index contributed by atoms with van der Waals surface area (Å²) in [5.41, 5.74) is 1.38. The molecule has 4 nitrogen and oxygen atoms in total. The molecule has 0 aliphatic carbocycles. The first-order chi connectivity index (χ1) is 11.6. The Labute approximate surface area is 137 Å². The lowest BCUT2D eigenvalue weighted by Gasteiger charge is -2.02. The summed E-state index contributed by atoms with van der Waals surface area (Å²) < 4.78 is 18.2. The van der Waals surface area contributed by atoms with Crippen LogP contribution in [-0.4, -0.2) is 5.91 Å². The lowest BCUT2D eigenvalue weighted by molar-refractivity contribution is -0.116. The van der Waals surface area contributed by atoms with Crippen LogP contribution in [0.4, 0.5) is 4.39 Å². The van der Waals surface area contributed by atoms with Crippen LogP contribution in [0, 0.1) is 5.82 Å². The molecule has 0 saturated carbocycles. The van der Waals surface area contributed by atoms with E-state index in [1.807, 2.05) is 0 Å². The second-order valence-corrected chi connectivity index (χ2v) is 5.19. The van der Waals surface area contributed by atoms with Gasteiger partial charge in [-0.2, -0.15) is 0 Å². The maximum Gasteiger partial charge on any atom is 0.244 e. The van der Waals surface area contributed by atoms with Gasteiger partial charge in [0, 0.05) is 12.6 Å². The van der Waals surface area contributed by atoms with Gasteiger partial charge < -0.3 is 9.73 Å². The molecule has 0 radical (unpaired) electrons. The molecule has 0 atom stereocenters. The minimum absolute atomic E-state index is 0.195. The molecule has 0 spiro atoms. The highest BCUT2D eigenvalue weighted by molar-refractivity contribution is 5.92. The SMILES string of the molecule is O=C(/C=C/c1coc2ccccc2c1=O)NCc1ccc(F)cc1. The number of nitrogens with one attached hydrogen (secondary N) is 1. The maximum absolute atomic E-state index is 12.8. The molecule has 3 aromatic rings. The van der Waals surface area contributed by atoms with Crippen molar-refractivity contribution in [2.75, 3.05) is 0 Å². The highest BCUT2D eigenvalue weighted by atomic mass is 19.1. The number of para-hydroxylation sites is 1. The molecule has 3 rings (SSSR count). The molecule has 0 bridgehead atoms. The quantitative estimate of drug-likeness (QED) is 0.750. The third kappa shape index (κ3) is 3.57. The summed E-state index contributed by atoms with van der Waals surface area (Å²) in [5.74, 6) is -0.681. The molecule has 1 heterocycles. The van der Waals surface area contributed by atoms with Crippen LogP contribution in [0.5, 0.6) is 0 Å². The molecule has 24 heavy (non-hydrogen) atoms. The van der Waals surface area contributed by atoms with Crippen molar-refractivity contribution in [3.05, 3.63) is 88.0 Å². The van der Waals surface area contributed by atoms with Crippen molar-refractivity contribution < 1.29 is 13.6 Å². The first-order valence-electron chi connectivity index (χ1n) is 7.34. The van der Waals surface area contributed by atoms with Crippen molar-refractivity contribution in [1.29, 1.82) is 0 Å². The Bertz CT molecular complexity index is 958. The average Bonchev–Trinajstić information content (AvgIpc) is 2.61. The lowest BCUT2D eigenvalue weighted by atomic mass is 10.1. The molecule has 0 aliphatic heterocycles. The van der Waals surface area contributed by atoms with Crippen molar-refractivity contribution in [1.82, 2.24) is 5.32 Å². The second-order valence-electron chi connectivity index (χ2n) is 5.19. The number of rotatable bonds is 4. The van der Waals surface area contributed by atoms with Crippen molar-refractivity contribution >= 4 is 23.0 Å². The molecule has 1 aromatic heterocycles. The van der Waals surface area contributed by atoms with E-state index in [4.69, 9.17) is 4.42 Å². The van der Waals surface area contributed by atoms with Crippen LogP contribution in [0.3, 0.4) is 0 Å². The second kappa shape index (κ2) is 6.91. The molecule has 120 valence electrons. The number of carbonyl (C=O) groups is 1. The van der Waals surface area contributed by atoms with Gasteiger partial charge in [-0.3, -0.25) is 9.59 Å². The van der Waals surface area contributed by atoms with Gasteiger partial charge in [-0.1, -0.05) is 24.3 Å². The van der Waals surface area contributed by atoms with E-state index in [1.54, 1.807) is 36.4 Å². The zero-order chi connectivity index (χ0) is 16.9. The van der Waals surface area contributed by atoms with Gasteiger partial charge in [-0.15, -0.1) is 0 Å². The van der Waals surface area contributed by atoms with E-state index in [0.29, 0.717) is 16.5 Å². The Morgan fingerprint density at radius 1 is 1.12 bits per heavy atom. The molecule has 1 amide bonds. The Hall–Kier alpha value is -3.21. The molecule has 0 fully saturated rings. The number of hydrogen-bond acceptors (Lipinski definition) is 3. The fourth-order valence-electron chi connectivity index (χ4n) is 2.22.